The van der Waals surface area contributed by atoms with Crippen LogP contribution in [0.4, 0.5) is 0 Å². The Balaban J connectivity index is 3.11. The molecule has 0 unspecified atom stereocenters. The van der Waals surface area contributed by atoms with Gasteiger partial charge in [-0.3, -0.25) is 0 Å². The third-order valence-electron chi connectivity index (χ3n) is 2.86. The van der Waals surface area contributed by atoms with Crippen LogP contribution < -0.4 is 0 Å². The van der Waals surface area contributed by atoms with Crippen LogP contribution in [0.2, 0.25) is 0 Å². The van der Waals surface area contributed by atoms with Crippen molar-refractivity contribution in [3.05, 3.63) is 24.3 Å². The number of hydrogen-bond donors (Lipinski definition) is 0. The molecule has 0 radical (unpaired) electrons. The van der Waals surface area contributed by atoms with Crippen LogP contribution in [-0.4, -0.2) is 5.33 Å². The van der Waals surface area contributed by atoms with Crippen LogP contribution in [0.3, 0.4) is 0 Å². The summed E-state index contributed by atoms with van der Waals surface area (Å²) in [4.78, 5) is 0. The van der Waals surface area contributed by atoms with E-state index in [0.717, 1.165) is 5.33 Å². The van der Waals surface area contributed by atoms with E-state index in [1.165, 1.54) is 64.2 Å². The summed E-state index contributed by atoms with van der Waals surface area (Å²) in [6.07, 6.45) is 22.4. The average Bonchev–Trinajstić information content (AvgIpc) is 2.35. The first-order valence-electron chi connectivity index (χ1n) is 7.29. The van der Waals surface area contributed by atoms with E-state index in [4.69, 9.17) is 0 Å². The Labute approximate surface area is 117 Å². The minimum absolute atomic E-state index is 1.11. The molecule has 0 heterocycles. The zero-order valence-corrected chi connectivity index (χ0v) is 13.1. The highest BCUT2D eigenvalue weighted by Crippen LogP contribution is 2.08. The summed E-state index contributed by atoms with van der Waals surface area (Å²) in [6.45, 7) is 2.27. The van der Waals surface area contributed by atoms with Crippen molar-refractivity contribution in [2.24, 2.45) is 0 Å². The first-order chi connectivity index (χ1) is 8.41. The van der Waals surface area contributed by atoms with Gasteiger partial charge in [-0.1, -0.05) is 85.7 Å². The SMILES string of the molecule is CCCCCCCCC/C=C\C=C\CCCBr. The molecular weight excluding hydrogens is 272 g/mol. The molecule has 0 amide bonds. The van der Waals surface area contributed by atoms with Gasteiger partial charge < -0.3 is 0 Å². The summed E-state index contributed by atoms with van der Waals surface area (Å²) in [5, 5.41) is 1.11. The van der Waals surface area contributed by atoms with Gasteiger partial charge in [-0.2, -0.15) is 0 Å². The van der Waals surface area contributed by atoms with Crippen molar-refractivity contribution in [3.63, 3.8) is 0 Å². The third-order valence-corrected chi connectivity index (χ3v) is 3.42. The molecule has 0 N–H and O–H groups in total. The lowest BCUT2D eigenvalue weighted by Gasteiger charge is -1.98. The number of halogens is 1. The molecule has 0 rings (SSSR count). The first-order valence-corrected chi connectivity index (χ1v) is 8.41. The predicted octanol–water partition coefficient (Wildman–Crippen LogP) is 6.41. The maximum Gasteiger partial charge on any atom is 0.00342 e. The molecule has 0 nitrogen and oxygen atoms in total. The van der Waals surface area contributed by atoms with Gasteiger partial charge in [0.1, 0.15) is 0 Å². The van der Waals surface area contributed by atoms with E-state index < -0.39 is 0 Å². The maximum absolute atomic E-state index is 3.43. The zero-order chi connectivity index (χ0) is 12.6. The van der Waals surface area contributed by atoms with Crippen molar-refractivity contribution < 1.29 is 0 Å². The summed E-state index contributed by atoms with van der Waals surface area (Å²) < 4.78 is 0. The fourth-order valence-corrected chi connectivity index (χ4v) is 2.09. The van der Waals surface area contributed by atoms with Crippen molar-refractivity contribution in [1.29, 1.82) is 0 Å². The molecule has 0 aliphatic carbocycles. The molecule has 100 valence electrons. The molecule has 0 aliphatic rings. The fraction of sp³-hybridized carbons (Fsp3) is 0.750. The molecular formula is C16H29Br. The number of rotatable bonds is 12. The van der Waals surface area contributed by atoms with Gasteiger partial charge in [-0.05, 0) is 25.7 Å². The van der Waals surface area contributed by atoms with Gasteiger partial charge in [0, 0.05) is 5.33 Å². The fourth-order valence-electron chi connectivity index (χ4n) is 1.76. The van der Waals surface area contributed by atoms with E-state index in [-0.39, 0.29) is 0 Å². The van der Waals surface area contributed by atoms with Crippen LogP contribution in [0.1, 0.15) is 71.1 Å². The minimum Gasteiger partial charge on any atom is -0.0928 e. The normalized spacial score (nSPS) is 11.9. The Hall–Kier alpha value is -0.0400. The Bertz CT molecular complexity index is 182. The second kappa shape index (κ2) is 16.0. The maximum atomic E-state index is 3.43. The quantitative estimate of drug-likeness (QED) is 0.222. The lowest BCUT2D eigenvalue weighted by atomic mass is 10.1. The molecule has 0 aromatic carbocycles. The van der Waals surface area contributed by atoms with Crippen molar-refractivity contribution in [1.82, 2.24) is 0 Å². The second-order valence-corrected chi connectivity index (χ2v) is 5.39. The Morgan fingerprint density at radius 3 is 1.82 bits per heavy atom. The molecule has 0 saturated heterocycles. The molecule has 0 aromatic heterocycles. The highest BCUT2D eigenvalue weighted by Gasteiger charge is 1.88. The van der Waals surface area contributed by atoms with Gasteiger partial charge >= 0.3 is 0 Å². The van der Waals surface area contributed by atoms with Crippen LogP contribution in [0, 0.1) is 0 Å². The Kier molecular flexibility index (Phi) is 15.9. The van der Waals surface area contributed by atoms with Crippen LogP contribution in [-0.2, 0) is 0 Å². The number of alkyl halides is 1. The lowest BCUT2D eigenvalue weighted by molar-refractivity contribution is 0.592. The topological polar surface area (TPSA) is 0 Å². The van der Waals surface area contributed by atoms with Crippen molar-refractivity contribution >= 4 is 15.9 Å². The van der Waals surface area contributed by atoms with Gasteiger partial charge in [0.05, 0.1) is 0 Å². The molecule has 0 saturated carbocycles. The second-order valence-electron chi connectivity index (χ2n) is 4.60. The third kappa shape index (κ3) is 16.0. The minimum atomic E-state index is 1.11. The average molecular weight is 301 g/mol. The largest absolute Gasteiger partial charge is 0.0928 e. The number of unbranched alkanes of at least 4 members (excludes halogenated alkanes) is 8. The first kappa shape index (κ1) is 17.0. The molecule has 0 bridgehead atoms. The molecule has 1 heteroatoms. The standard InChI is InChI=1S/C16H29Br/c1-2-3-4-5-6-7-8-9-10-11-12-13-14-15-16-17/h10-13H,2-9,14-16H2,1H3/b11-10-,13-12+. The predicted molar refractivity (Wildman–Crippen MR) is 83.9 cm³/mol. The van der Waals surface area contributed by atoms with Crippen molar-refractivity contribution in [2.45, 2.75) is 71.1 Å². The Morgan fingerprint density at radius 2 is 1.24 bits per heavy atom. The monoisotopic (exact) mass is 300 g/mol. The summed E-state index contributed by atoms with van der Waals surface area (Å²) in [5.41, 5.74) is 0. The van der Waals surface area contributed by atoms with Crippen LogP contribution in [0.25, 0.3) is 0 Å². The van der Waals surface area contributed by atoms with E-state index in [0.29, 0.717) is 0 Å². The highest BCUT2D eigenvalue weighted by atomic mass is 79.9. The summed E-state index contributed by atoms with van der Waals surface area (Å²) in [5.74, 6) is 0. The van der Waals surface area contributed by atoms with E-state index in [1.54, 1.807) is 0 Å². The Morgan fingerprint density at radius 1 is 0.706 bits per heavy atom. The van der Waals surface area contributed by atoms with Crippen LogP contribution >= 0.6 is 15.9 Å². The van der Waals surface area contributed by atoms with E-state index in [9.17, 15) is 0 Å². The molecule has 17 heavy (non-hydrogen) atoms. The lowest BCUT2D eigenvalue weighted by Crippen LogP contribution is -1.78. The number of hydrogen-bond acceptors (Lipinski definition) is 0. The zero-order valence-electron chi connectivity index (χ0n) is 11.5. The van der Waals surface area contributed by atoms with Crippen molar-refractivity contribution in [3.8, 4) is 0 Å². The van der Waals surface area contributed by atoms with Gasteiger partial charge in [-0.15, -0.1) is 0 Å². The van der Waals surface area contributed by atoms with Crippen LogP contribution in [0.15, 0.2) is 24.3 Å². The van der Waals surface area contributed by atoms with E-state index in [1.807, 2.05) is 0 Å². The van der Waals surface area contributed by atoms with Gasteiger partial charge in [0.2, 0.25) is 0 Å². The molecule has 0 atom stereocenters. The summed E-state index contributed by atoms with van der Waals surface area (Å²) >= 11 is 3.43. The summed E-state index contributed by atoms with van der Waals surface area (Å²) in [7, 11) is 0. The van der Waals surface area contributed by atoms with Crippen molar-refractivity contribution in [2.75, 3.05) is 5.33 Å². The number of allylic oxidation sites excluding steroid dienone is 4. The van der Waals surface area contributed by atoms with Crippen LogP contribution in [0.5, 0.6) is 0 Å². The van der Waals surface area contributed by atoms with E-state index in [2.05, 4.69) is 47.2 Å². The smallest absolute Gasteiger partial charge is 0.00342 e. The molecule has 0 aromatic rings. The molecule has 0 spiro atoms. The summed E-state index contributed by atoms with van der Waals surface area (Å²) in [6, 6.07) is 0. The van der Waals surface area contributed by atoms with E-state index >= 15 is 0 Å². The molecule has 0 fully saturated rings. The van der Waals surface area contributed by atoms with Gasteiger partial charge in [0.15, 0.2) is 0 Å². The van der Waals surface area contributed by atoms with Gasteiger partial charge in [0.25, 0.3) is 0 Å². The van der Waals surface area contributed by atoms with Gasteiger partial charge in [-0.25, -0.2) is 0 Å². The highest BCUT2D eigenvalue weighted by molar-refractivity contribution is 9.09. The molecule has 0 aliphatic heterocycles.